The molecule has 0 spiro atoms. The van der Waals surface area contributed by atoms with Crippen LogP contribution in [-0.4, -0.2) is 18.0 Å². The Morgan fingerprint density at radius 2 is 1.71 bits per heavy atom. The van der Waals surface area contributed by atoms with Gasteiger partial charge in [-0.15, -0.1) is 0 Å². The SMILES string of the molecule is COP(=O)(c1cc(C)cc(C)c1)c1c(C(=O)NCc2c(F)cccc2F)[nH]c2ccc(Cl)cc12. The molecule has 0 saturated heterocycles. The lowest BCUT2D eigenvalue weighted by atomic mass is 10.2. The van der Waals surface area contributed by atoms with E-state index >= 15 is 0 Å². The predicted molar refractivity (Wildman–Crippen MR) is 131 cm³/mol. The predicted octanol–water partition coefficient (Wildman–Crippen LogP) is 5.52. The molecule has 1 atom stereocenters. The number of benzene rings is 3. The molecule has 4 rings (SSSR count). The van der Waals surface area contributed by atoms with E-state index in [9.17, 15) is 18.1 Å². The molecular weight excluding hydrogens is 481 g/mol. The van der Waals surface area contributed by atoms with Gasteiger partial charge >= 0.3 is 0 Å². The van der Waals surface area contributed by atoms with Gasteiger partial charge in [0.25, 0.3) is 13.3 Å². The number of nitrogens with one attached hydrogen (secondary N) is 2. The van der Waals surface area contributed by atoms with E-state index in [-0.39, 0.29) is 16.6 Å². The van der Waals surface area contributed by atoms with E-state index in [0.29, 0.717) is 21.2 Å². The highest BCUT2D eigenvalue weighted by molar-refractivity contribution is 7.75. The molecule has 9 heteroatoms. The monoisotopic (exact) mass is 502 g/mol. The summed E-state index contributed by atoms with van der Waals surface area (Å²) in [5.41, 5.74) is 1.97. The largest absolute Gasteiger partial charge is 0.350 e. The van der Waals surface area contributed by atoms with Crippen LogP contribution in [0.4, 0.5) is 8.78 Å². The third-order valence-electron chi connectivity index (χ3n) is 5.55. The highest BCUT2D eigenvalue weighted by Gasteiger charge is 2.36. The molecule has 3 aromatic carbocycles. The zero-order chi connectivity index (χ0) is 24.6. The molecule has 0 fully saturated rings. The summed E-state index contributed by atoms with van der Waals surface area (Å²) in [5, 5.41) is 3.93. The van der Waals surface area contributed by atoms with Crippen molar-refractivity contribution >= 4 is 46.4 Å². The fraction of sp³-hybridized carbons (Fsp3) is 0.160. The van der Waals surface area contributed by atoms with Crippen molar-refractivity contribution in [3.8, 4) is 0 Å². The van der Waals surface area contributed by atoms with Crippen molar-refractivity contribution in [1.29, 1.82) is 0 Å². The number of carbonyl (C=O) groups is 1. The maximum Gasteiger partial charge on any atom is 0.268 e. The van der Waals surface area contributed by atoms with E-state index in [0.717, 1.165) is 23.3 Å². The van der Waals surface area contributed by atoms with Gasteiger partial charge in [-0.05, 0) is 56.3 Å². The molecule has 1 amide bonds. The molecule has 5 nitrogen and oxygen atoms in total. The van der Waals surface area contributed by atoms with Gasteiger partial charge in [0, 0.05) is 40.4 Å². The van der Waals surface area contributed by atoms with Crippen LogP contribution in [0, 0.1) is 25.5 Å². The second-order valence-electron chi connectivity index (χ2n) is 8.00. The number of aromatic nitrogens is 1. The van der Waals surface area contributed by atoms with Gasteiger partial charge in [-0.1, -0.05) is 34.9 Å². The number of rotatable bonds is 6. The molecule has 1 unspecified atom stereocenters. The first-order valence-electron chi connectivity index (χ1n) is 10.4. The van der Waals surface area contributed by atoms with Gasteiger partial charge in [0.2, 0.25) is 0 Å². The van der Waals surface area contributed by atoms with Crippen molar-refractivity contribution in [2.45, 2.75) is 20.4 Å². The molecule has 0 aliphatic heterocycles. The minimum atomic E-state index is -3.78. The Balaban J connectivity index is 1.86. The summed E-state index contributed by atoms with van der Waals surface area (Å²) in [6.07, 6.45) is 0. The number of aromatic amines is 1. The summed E-state index contributed by atoms with van der Waals surface area (Å²) in [6.45, 7) is 3.35. The van der Waals surface area contributed by atoms with Crippen molar-refractivity contribution < 1.29 is 22.7 Å². The van der Waals surface area contributed by atoms with Gasteiger partial charge in [0.1, 0.15) is 17.3 Å². The molecule has 0 radical (unpaired) electrons. The van der Waals surface area contributed by atoms with Crippen LogP contribution >= 0.6 is 19.0 Å². The lowest BCUT2D eigenvalue weighted by Gasteiger charge is -2.19. The van der Waals surface area contributed by atoms with Gasteiger partial charge in [-0.3, -0.25) is 9.36 Å². The van der Waals surface area contributed by atoms with Gasteiger partial charge in [-0.2, -0.15) is 0 Å². The van der Waals surface area contributed by atoms with Crippen LogP contribution in [0.2, 0.25) is 5.02 Å². The van der Waals surface area contributed by atoms with Gasteiger partial charge in [-0.25, -0.2) is 8.78 Å². The van der Waals surface area contributed by atoms with Crippen LogP contribution in [0.3, 0.4) is 0 Å². The third-order valence-corrected chi connectivity index (χ3v) is 8.29. The molecule has 0 aliphatic rings. The summed E-state index contributed by atoms with van der Waals surface area (Å²) in [7, 11) is -2.46. The fourth-order valence-corrected chi connectivity index (χ4v) is 6.55. The summed E-state index contributed by atoms with van der Waals surface area (Å²) in [5.74, 6) is -2.24. The molecule has 2 N–H and O–H groups in total. The van der Waals surface area contributed by atoms with Gasteiger partial charge in [0.15, 0.2) is 0 Å². The van der Waals surface area contributed by atoms with Crippen molar-refractivity contribution in [2.24, 2.45) is 0 Å². The molecule has 4 aromatic rings. The number of hydrogen-bond donors (Lipinski definition) is 2. The first kappa shape index (κ1) is 24.1. The Hall–Kier alpha value is -2.99. The Bertz CT molecular complexity index is 1430. The van der Waals surface area contributed by atoms with Crippen molar-refractivity contribution in [3.05, 3.63) is 93.6 Å². The normalized spacial score (nSPS) is 13.1. The van der Waals surface area contributed by atoms with E-state index in [1.54, 1.807) is 30.3 Å². The highest BCUT2D eigenvalue weighted by atomic mass is 35.5. The average Bonchev–Trinajstić information content (AvgIpc) is 3.16. The molecule has 176 valence electrons. The van der Waals surface area contributed by atoms with Crippen LogP contribution in [0.25, 0.3) is 10.9 Å². The number of carbonyl (C=O) groups excluding carboxylic acids is 1. The molecule has 0 aliphatic carbocycles. The zero-order valence-electron chi connectivity index (χ0n) is 18.7. The van der Waals surface area contributed by atoms with Gasteiger partial charge < -0.3 is 14.8 Å². The van der Waals surface area contributed by atoms with Crippen LogP contribution in [0.1, 0.15) is 27.2 Å². The molecule has 1 aromatic heterocycles. The highest BCUT2D eigenvalue weighted by Crippen LogP contribution is 2.47. The van der Waals surface area contributed by atoms with E-state index in [1.165, 1.54) is 13.2 Å². The maximum absolute atomic E-state index is 14.4. The Morgan fingerprint density at radius 3 is 2.32 bits per heavy atom. The van der Waals surface area contributed by atoms with Crippen molar-refractivity contribution in [1.82, 2.24) is 10.3 Å². The topological polar surface area (TPSA) is 71.2 Å². The number of hydrogen-bond acceptors (Lipinski definition) is 3. The van der Waals surface area contributed by atoms with E-state index < -0.39 is 31.5 Å². The Kier molecular flexibility index (Phi) is 6.63. The number of fused-ring (bicyclic) bond motifs is 1. The number of H-pyrrole nitrogens is 1. The van der Waals surface area contributed by atoms with Gasteiger partial charge in [0.05, 0.1) is 5.30 Å². The van der Waals surface area contributed by atoms with Crippen molar-refractivity contribution in [3.63, 3.8) is 0 Å². The lowest BCUT2D eigenvalue weighted by Crippen LogP contribution is -2.30. The summed E-state index contributed by atoms with van der Waals surface area (Å²) in [4.78, 5) is 16.2. The fourth-order valence-electron chi connectivity index (χ4n) is 4.02. The molecule has 1 heterocycles. The first-order chi connectivity index (χ1) is 16.1. The van der Waals surface area contributed by atoms with Crippen molar-refractivity contribution in [2.75, 3.05) is 7.11 Å². The number of aryl methyl sites for hydroxylation is 2. The molecule has 0 saturated carbocycles. The first-order valence-corrected chi connectivity index (χ1v) is 12.4. The standard InChI is InChI=1S/C25H22ClF2N2O3P/c1-14-9-15(2)11-17(10-14)34(32,33-3)24-18-12-16(26)7-8-22(18)30-23(24)25(31)29-13-19-20(27)5-4-6-21(19)28/h4-12,30H,13H2,1-3H3,(H,29,31). The van der Waals surface area contributed by atoms with E-state index in [4.69, 9.17) is 16.1 Å². The van der Waals surface area contributed by atoms with E-state index in [2.05, 4.69) is 10.3 Å². The zero-order valence-corrected chi connectivity index (χ0v) is 20.4. The van der Waals surface area contributed by atoms with Crippen LogP contribution in [0.15, 0.2) is 54.6 Å². The third kappa shape index (κ3) is 4.39. The summed E-state index contributed by atoms with van der Waals surface area (Å²) < 4.78 is 48.1. The Labute approximate surface area is 200 Å². The van der Waals surface area contributed by atoms with E-state index in [1.807, 2.05) is 19.9 Å². The van der Waals surface area contributed by atoms with Crippen LogP contribution in [-0.2, 0) is 15.6 Å². The van der Waals surface area contributed by atoms with Crippen LogP contribution < -0.4 is 15.9 Å². The molecule has 34 heavy (non-hydrogen) atoms. The number of amides is 1. The minimum absolute atomic E-state index is 0.0293. The second kappa shape index (κ2) is 9.34. The maximum atomic E-state index is 14.4. The Morgan fingerprint density at radius 1 is 1.06 bits per heavy atom. The summed E-state index contributed by atoms with van der Waals surface area (Å²) >= 11 is 6.22. The minimum Gasteiger partial charge on any atom is -0.350 e. The van der Waals surface area contributed by atoms with Crippen LogP contribution in [0.5, 0.6) is 0 Å². The summed E-state index contributed by atoms with van der Waals surface area (Å²) in [6, 6.07) is 13.8. The smallest absolute Gasteiger partial charge is 0.268 e. The number of halogens is 3. The second-order valence-corrected chi connectivity index (χ2v) is 10.9. The molecule has 0 bridgehead atoms. The molecular formula is C25H22ClF2N2O3P. The average molecular weight is 503 g/mol. The quantitative estimate of drug-likeness (QED) is 0.341. The lowest BCUT2D eigenvalue weighted by molar-refractivity contribution is 0.0947.